The molecule has 9 heteroatoms. The van der Waals surface area contributed by atoms with Crippen LogP contribution in [0.5, 0.6) is 5.75 Å². The quantitative estimate of drug-likeness (QED) is 0.378. The Morgan fingerprint density at radius 3 is 2.78 bits per heavy atom. The Morgan fingerprint density at radius 1 is 1.11 bits per heavy atom. The van der Waals surface area contributed by atoms with Crippen molar-refractivity contribution in [1.29, 1.82) is 0 Å². The molecule has 3 aromatic heterocycles. The minimum atomic E-state index is -0.344. The van der Waals surface area contributed by atoms with E-state index in [9.17, 15) is 9.59 Å². The van der Waals surface area contributed by atoms with Gasteiger partial charge in [-0.15, -0.1) is 11.3 Å². The average Bonchev–Trinajstić information content (AvgIpc) is 3.15. The van der Waals surface area contributed by atoms with E-state index in [4.69, 9.17) is 16.3 Å². The highest BCUT2D eigenvalue weighted by atomic mass is 35.5. The number of hydrogen-bond donors (Lipinski definition) is 0. The molecule has 1 saturated heterocycles. The van der Waals surface area contributed by atoms with Gasteiger partial charge in [0.15, 0.2) is 0 Å². The van der Waals surface area contributed by atoms with Gasteiger partial charge in [0.2, 0.25) is 0 Å². The van der Waals surface area contributed by atoms with Gasteiger partial charge >= 0.3 is 5.69 Å². The van der Waals surface area contributed by atoms with Crippen LogP contribution in [0.1, 0.15) is 29.7 Å². The number of rotatable bonds is 5. The number of benzene rings is 1. The summed E-state index contributed by atoms with van der Waals surface area (Å²) < 4.78 is 10.3. The van der Waals surface area contributed by atoms with Gasteiger partial charge in [0, 0.05) is 53.1 Å². The Kier molecular flexibility index (Phi) is 7.01. The molecular formula is C27H29ClN4O3S. The molecular weight excluding hydrogens is 496 g/mol. The minimum absolute atomic E-state index is 0.144. The van der Waals surface area contributed by atoms with Crippen LogP contribution in [-0.2, 0) is 13.6 Å². The first-order valence-electron chi connectivity index (χ1n) is 12.1. The van der Waals surface area contributed by atoms with Gasteiger partial charge in [-0.05, 0) is 69.6 Å². The van der Waals surface area contributed by atoms with E-state index < -0.39 is 0 Å². The van der Waals surface area contributed by atoms with Crippen LogP contribution in [-0.4, -0.2) is 45.3 Å². The highest BCUT2D eigenvalue weighted by Gasteiger charge is 2.21. The zero-order chi connectivity index (χ0) is 25.4. The number of fused-ring (bicyclic) bond motifs is 1. The molecule has 4 aromatic rings. The van der Waals surface area contributed by atoms with Gasteiger partial charge < -0.3 is 14.2 Å². The Labute approximate surface area is 218 Å². The summed E-state index contributed by atoms with van der Waals surface area (Å²) in [6.45, 7) is 4.32. The van der Waals surface area contributed by atoms with E-state index in [-0.39, 0.29) is 23.9 Å². The molecule has 5 rings (SSSR count). The summed E-state index contributed by atoms with van der Waals surface area (Å²) in [6.07, 6.45) is 6.51. The average molecular weight is 525 g/mol. The number of pyridine rings is 1. The van der Waals surface area contributed by atoms with Crippen molar-refractivity contribution in [2.45, 2.75) is 38.8 Å². The van der Waals surface area contributed by atoms with E-state index >= 15 is 0 Å². The summed E-state index contributed by atoms with van der Waals surface area (Å²) in [4.78, 5) is 32.7. The maximum Gasteiger partial charge on any atom is 0.331 e. The first-order chi connectivity index (χ1) is 17.3. The number of thiophene rings is 1. The molecule has 0 amide bonds. The monoisotopic (exact) mass is 524 g/mol. The van der Waals surface area contributed by atoms with Crippen molar-refractivity contribution in [3.8, 4) is 16.9 Å². The van der Waals surface area contributed by atoms with Gasteiger partial charge in [-0.1, -0.05) is 11.6 Å². The van der Waals surface area contributed by atoms with Crippen LogP contribution < -0.4 is 16.0 Å². The second kappa shape index (κ2) is 10.2. The molecule has 36 heavy (non-hydrogen) atoms. The van der Waals surface area contributed by atoms with Crippen molar-refractivity contribution >= 4 is 33.2 Å². The van der Waals surface area contributed by atoms with E-state index in [0.717, 1.165) is 69.9 Å². The fourth-order valence-electron chi connectivity index (χ4n) is 4.77. The number of likely N-dealkylation sites (tertiary alicyclic amines) is 1. The molecule has 0 saturated carbocycles. The van der Waals surface area contributed by atoms with Crippen LogP contribution in [0.25, 0.3) is 21.3 Å². The molecule has 0 aliphatic carbocycles. The molecule has 0 bridgehead atoms. The highest BCUT2D eigenvalue weighted by molar-refractivity contribution is 7.19. The summed E-state index contributed by atoms with van der Waals surface area (Å²) in [5.41, 5.74) is 3.06. The molecule has 0 N–H and O–H groups in total. The molecule has 1 aromatic carbocycles. The number of aryl methyl sites for hydroxylation is 2. The summed E-state index contributed by atoms with van der Waals surface area (Å²) >= 11 is 8.06. The van der Waals surface area contributed by atoms with Crippen LogP contribution in [0, 0.1) is 6.92 Å². The Bertz CT molecular complexity index is 1540. The molecule has 1 atom stereocenters. The lowest BCUT2D eigenvalue weighted by Crippen LogP contribution is -2.37. The number of halogens is 1. The summed E-state index contributed by atoms with van der Waals surface area (Å²) in [7, 11) is 3.79. The molecule has 0 spiro atoms. The first-order valence-corrected chi connectivity index (χ1v) is 13.3. The SMILES string of the molecule is Cc1cc(Cl)cc(-c2ccnc3cc(Cn4c(=O)ccn(C)c4=O)sc23)c1O[C@H]1CCCN(C)CC1. The zero-order valence-electron chi connectivity index (χ0n) is 20.7. The minimum Gasteiger partial charge on any atom is -0.489 e. The maximum atomic E-state index is 12.5. The third kappa shape index (κ3) is 4.98. The lowest BCUT2D eigenvalue weighted by atomic mass is 10.0. The van der Waals surface area contributed by atoms with Crippen molar-refractivity contribution in [3.05, 3.63) is 79.0 Å². The second-order valence-electron chi connectivity index (χ2n) is 9.49. The summed E-state index contributed by atoms with van der Waals surface area (Å²) in [6, 6.07) is 9.23. The predicted molar refractivity (Wildman–Crippen MR) is 146 cm³/mol. The lowest BCUT2D eigenvalue weighted by Gasteiger charge is -2.22. The normalized spacial score (nSPS) is 16.8. The molecule has 0 unspecified atom stereocenters. The van der Waals surface area contributed by atoms with Crippen molar-refractivity contribution < 1.29 is 4.74 Å². The van der Waals surface area contributed by atoms with Crippen LogP contribution in [0.15, 0.2) is 52.3 Å². The van der Waals surface area contributed by atoms with E-state index in [1.165, 1.54) is 32.7 Å². The standard InChI is InChI=1S/C27H29ClN4O3S/c1-17-13-18(28)14-22(25(17)35-19-5-4-10-30(2)11-7-19)21-6-9-29-23-15-20(36-26(21)23)16-32-24(33)8-12-31(3)27(32)34/h6,8-9,12-15,19H,4-5,7,10-11,16H2,1-3H3/t19-/m0/s1. The van der Waals surface area contributed by atoms with E-state index in [1.54, 1.807) is 13.2 Å². The van der Waals surface area contributed by atoms with Gasteiger partial charge in [0.25, 0.3) is 5.56 Å². The third-order valence-corrected chi connectivity index (χ3v) is 8.09. The number of aromatic nitrogens is 3. The first kappa shape index (κ1) is 24.7. The molecule has 4 heterocycles. The maximum absolute atomic E-state index is 12.5. The lowest BCUT2D eigenvalue weighted by molar-refractivity contribution is 0.183. The summed E-state index contributed by atoms with van der Waals surface area (Å²) in [5.74, 6) is 0.851. The zero-order valence-corrected chi connectivity index (χ0v) is 22.2. The number of ether oxygens (including phenoxy) is 1. The van der Waals surface area contributed by atoms with Crippen LogP contribution in [0.3, 0.4) is 0 Å². The van der Waals surface area contributed by atoms with E-state index in [1.807, 2.05) is 31.2 Å². The Hall–Kier alpha value is -2.94. The summed E-state index contributed by atoms with van der Waals surface area (Å²) in [5, 5.41) is 0.650. The Balaban J connectivity index is 1.56. The van der Waals surface area contributed by atoms with Gasteiger partial charge in [0.05, 0.1) is 16.8 Å². The van der Waals surface area contributed by atoms with Crippen molar-refractivity contribution in [2.75, 3.05) is 20.1 Å². The smallest absolute Gasteiger partial charge is 0.331 e. The van der Waals surface area contributed by atoms with Crippen molar-refractivity contribution in [3.63, 3.8) is 0 Å². The van der Waals surface area contributed by atoms with E-state index in [0.29, 0.717) is 5.02 Å². The predicted octanol–water partition coefficient (Wildman–Crippen LogP) is 4.70. The second-order valence-corrected chi connectivity index (χ2v) is 11.1. The molecule has 1 fully saturated rings. The molecule has 0 radical (unpaired) electrons. The molecule has 1 aliphatic rings. The fourth-order valence-corrected chi connectivity index (χ4v) is 6.18. The highest BCUT2D eigenvalue weighted by Crippen LogP contribution is 2.42. The van der Waals surface area contributed by atoms with Gasteiger partial charge in [-0.25, -0.2) is 4.79 Å². The van der Waals surface area contributed by atoms with Crippen LogP contribution in [0.2, 0.25) is 5.02 Å². The number of nitrogens with zero attached hydrogens (tertiary/aromatic N) is 4. The third-order valence-electron chi connectivity index (χ3n) is 6.73. The topological polar surface area (TPSA) is 69.4 Å². The molecule has 1 aliphatic heterocycles. The Morgan fingerprint density at radius 2 is 1.94 bits per heavy atom. The van der Waals surface area contributed by atoms with Crippen LogP contribution in [0.4, 0.5) is 0 Å². The van der Waals surface area contributed by atoms with Crippen molar-refractivity contribution in [1.82, 2.24) is 19.0 Å². The fraction of sp³-hybridized carbons (Fsp3) is 0.370. The van der Waals surface area contributed by atoms with Gasteiger partial charge in [0.1, 0.15) is 11.9 Å². The van der Waals surface area contributed by atoms with Gasteiger partial charge in [-0.2, -0.15) is 0 Å². The van der Waals surface area contributed by atoms with Crippen molar-refractivity contribution in [2.24, 2.45) is 7.05 Å². The largest absolute Gasteiger partial charge is 0.489 e. The number of hydrogen-bond acceptors (Lipinski definition) is 6. The van der Waals surface area contributed by atoms with E-state index in [2.05, 4.69) is 16.9 Å². The van der Waals surface area contributed by atoms with Gasteiger partial charge in [-0.3, -0.25) is 14.3 Å². The molecule has 7 nitrogen and oxygen atoms in total. The molecule has 188 valence electrons. The van der Waals surface area contributed by atoms with Crippen LogP contribution >= 0.6 is 22.9 Å².